The second kappa shape index (κ2) is 6.21. The molecular formula is C12H25N3O. The standard InChI is InChI=1S/C12H25N3O/c1-10-8-15(9-11(10)14(3)4)12(16)6-5-7-13-2/h10-11,13H,5-9H2,1-4H3. The minimum absolute atomic E-state index is 0.312. The molecule has 1 N–H and O–H groups in total. The molecule has 1 rings (SSSR count). The maximum Gasteiger partial charge on any atom is 0.222 e. The van der Waals surface area contributed by atoms with Crippen molar-refractivity contribution >= 4 is 5.91 Å². The Hall–Kier alpha value is -0.610. The van der Waals surface area contributed by atoms with Crippen LogP contribution >= 0.6 is 0 Å². The molecule has 0 aromatic carbocycles. The van der Waals surface area contributed by atoms with Gasteiger partial charge in [-0.25, -0.2) is 0 Å². The molecule has 0 aromatic rings. The lowest BCUT2D eigenvalue weighted by atomic mass is 10.1. The van der Waals surface area contributed by atoms with Gasteiger partial charge in [-0.15, -0.1) is 0 Å². The first-order chi connectivity index (χ1) is 7.56. The molecular weight excluding hydrogens is 202 g/mol. The van der Waals surface area contributed by atoms with Gasteiger partial charge >= 0.3 is 0 Å². The zero-order valence-corrected chi connectivity index (χ0v) is 11.0. The fourth-order valence-corrected chi connectivity index (χ4v) is 2.40. The SMILES string of the molecule is CNCCCC(=O)N1CC(C)C(N(C)C)C1. The number of nitrogens with zero attached hydrogens (tertiary/aromatic N) is 2. The van der Waals surface area contributed by atoms with Crippen LogP contribution in [0.3, 0.4) is 0 Å². The van der Waals surface area contributed by atoms with E-state index in [1.807, 2.05) is 11.9 Å². The van der Waals surface area contributed by atoms with E-state index < -0.39 is 0 Å². The third-order valence-corrected chi connectivity index (χ3v) is 3.41. The fourth-order valence-electron chi connectivity index (χ4n) is 2.40. The molecule has 0 saturated carbocycles. The van der Waals surface area contributed by atoms with Gasteiger partial charge in [0.1, 0.15) is 0 Å². The van der Waals surface area contributed by atoms with E-state index in [-0.39, 0.29) is 0 Å². The Balaban J connectivity index is 2.36. The van der Waals surface area contributed by atoms with Crippen LogP contribution in [0.25, 0.3) is 0 Å². The number of carbonyl (C=O) groups excluding carboxylic acids is 1. The first-order valence-corrected chi connectivity index (χ1v) is 6.15. The highest BCUT2D eigenvalue weighted by atomic mass is 16.2. The van der Waals surface area contributed by atoms with Crippen LogP contribution in [0.2, 0.25) is 0 Å². The molecule has 0 radical (unpaired) electrons. The van der Waals surface area contributed by atoms with Gasteiger partial charge < -0.3 is 15.1 Å². The largest absolute Gasteiger partial charge is 0.341 e. The van der Waals surface area contributed by atoms with Gasteiger partial charge in [0, 0.05) is 25.6 Å². The molecule has 4 nitrogen and oxygen atoms in total. The molecule has 0 bridgehead atoms. The average molecular weight is 227 g/mol. The van der Waals surface area contributed by atoms with Gasteiger partial charge in [0.2, 0.25) is 5.91 Å². The summed E-state index contributed by atoms with van der Waals surface area (Å²) in [5.41, 5.74) is 0. The highest BCUT2D eigenvalue weighted by Gasteiger charge is 2.32. The molecule has 1 saturated heterocycles. The molecule has 1 aliphatic heterocycles. The van der Waals surface area contributed by atoms with Crippen molar-refractivity contribution in [2.24, 2.45) is 5.92 Å². The third kappa shape index (κ3) is 3.46. The second-order valence-corrected chi connectivity index (χ2v) is 5.01. The van der Waals surface area contributed by atoms with Crippen molar-refractivity contribution < 1.29 is 4.79 Å². The van der Waals surface area contributed by atoms with Crippen molar-refractivity contribution in [2.75, 3.05) is 40.8 Å². The Labute approximate surface area is 99.0 Å². The van der Waals surface area contributed by atoms with Gasteiger partial charge in [-0.05, 0) is 40.0 Å². The van der Waals surface area contributed by atoms with E-state index >= 15 is 0 Å². The van der Waals surface area contributed by atoms with Crippen LogP contribution in [-0.2, 0) is 4.79 Å². The zero-order chi connectivity index (χ0) is 12.1. The van der Waals surface area contributed by atoms with Crippen LogP contribution in [0, 0.1) is 5.92 Å². The maximum absolute atomic E-state index is 11.9. The smallest absolute Gasteiger partial charge is 0.222 e. The Morgan fingerprint density at radius 3 is 2.62 bits per heavy atom. The summed E-state index contributed by atoms with van der Waals surface area (Å²) < 4.78 is 0. The van der Waals surface area contributed by atoms with E-state index in [9.17, 15) is 4.79 Å². The van der Waals surface area contributed by atoms with Crippen LogP contribution in [0.4, 0.5) is 0 Å². The number of nitrogens with one attached hydrogen (secondary N) is 1. The van der Waals surface area contributed by atoms with Crippen LogP contribution < -0.4 is 5.32 Å². The predicted molar refractivity (Wildman–Crippen MR) is 66.4 cm³/mol. The molecule has 0 spiro atoms. The lowest BCUT2D eigenvalue weighted by Gasteiger charge is -2.22. The molecule has 1 aliphatic rings. The van der Waals surface area contributed by atoms with E-state index in [1.54, 1.807) is 0 Å². The van der Waals surface area contributed by atoms with Gasteiger partial charge in [-0.1, -0.05) is 6.92 Å². The normalized spacial score (nSPS) is 25.4. The van der Waals surface area contributed by atoms with E-state index in [0.717, 1.165) is 26.1 Å². The van der Waals surface area contributed by atoms with E-state index in [4.69, 9.17) is 0 Å². The van der Waals surface area contributed by atoms with Crippen molar-refractivity contribution in [1.29, 1.82) is 0 Å². The van der Waals surface area contributed by atoms with E-state index in [0.29, 0.717) is 24.3 Å². The molecule has 2 atom stereocenters. The molecule has 2 unspecified atom stereocenters. The molecule has 1 amide bonds. The highest BCUT2D eigenvalue weighted by molar-refractivity contribution is 5.76. The summed E-state index contributed by atoms with van der Waals surface area (Å²) in [4.78, 5) is 16.2. The molecule has 0 aliphatic carbocycles. The molecule has 1 heterocycles. The average Bonchev–Trinajstić information content (AvgIpc) is 2.60. The summed E-state index contributed by atoms with van der Waals surface area (Å²) in [6.45, 7) is 4.96. The quantitative estimate of drug-likeness (QED) is 0.690. The summed E-state index contributed by atoms with van der Waals surface area (Å²) >= 11 is 0. The van der Waals surface area contributed by atoms with Crippen molar-refractivity contribution in [2.45, 2.75) is 25.8 Å². The number of rotatable bonds is 5. The van der Waals surface area contributed by atoms with Gasteiger partial charge in [-0.2, -0.15) is 0 Å². The third-order valence-electron chi connectivity index (χ3n) is 3.41. The van der Waals surface area contributed by atoms with Crippen LogP contribution in [0.5, 0.6) is 0 Å². The van der Waals surface area contributed by atoms with Crippen molar-refractivity contribution in [3.8, 4) is 0 Å². The molecule has 1 fully saturated rings. The number of hydrogen-bond acceptors (Lipinski definition) is 3. The highest BCUT2D eigenvalue weighted by Crippen LogP contribution is 2.20. The molecule has 0 aromatic heterocycles. The van der Waals surface area contributed by atoms with Gasteiger partial charge in [0.25, 0.3) is 0 Å². The zero-order valence-electron chi connectivity index (χ0n) is 11.0. The molecule has 4 heteroatoms. The summed E-state index contributed by atoms with van der Waals surface area (Å²) in [6, 6.07) is 0.522. The minimum Gasteiger partial charge on any atom is -0.341 e. The summed E-state index contributed by atoms with van der Waals surface area (Å²) in [6.07, 6.45) is 1.61. The summed E-state index contributed by atoms with van der Waals surface area (Å²) in [5.74, 6) is 0.898. The number of likely N-dealkylation sites (N-methyl/N-ethyl adjacent to an activating group) is 1. The second-order valence-electron chi connectivity index (χ2n) is 5.01. The summed E-state index contributed by atoms with van der Waals surface area (Å²) in [7, 11) is 6.11. The van der Waals surface area contributed by atoms with Crippen LogP contribution in [0.15, 0.2) is 0 Å². The number of carbonyl (C=O) groups is 1. The predicted octanol–water partition coefficient (Wildman–Crippen LogP) is 0.395. The Morgan fingerprint density at radius 2 is 2.12 bits per heavy atom. The minimum atomic E-state index is 0.312. The first-order valence-electron chi connectivity index (χ1n) is 6.15. The van der Waals surface area contributed by atoms with Gasteiger partial charge in [0.05, 0.1) is 0 Å². The number of hydrogen-bond donors (Lipinski definition) is 1. The van der Waals surface area contributed by atoms with Crippen molar-refractivity contribution in [3.63, 3.8) is 0 Å². The number of likely N-dealkylation sites (tertiary alicyclic amines) is 1. The maximum atomic E-state index is 11.9. The monoisotopic (exact) mass is 227 g/mol. The summed E-state index contributed by atoms with van der Waals surface area (Å²) in [5, 5.41) is 3.07. The fraction of sp³-hybridized carbons (Fsp3) is 0.917. The van der Waals surface area contributed by atoms with Crippen LogP contribution in [-0.4, -0.2) is 62.5 Å². The Bertz CT molecular complexity index is 230. The van der Waals surface area contributed by atoms with Crippen molar-refractivity contribution in [1.82, 2.24) is 15.1 Å². The van der Waals surface area contributed by atoms with Crippen LogP contribution in [0.1, 0.15) is 19.8 Å². The van der Waals surface area contributed by atoms with Crippen molar-refractivity contribution in [3.05, 3.63) is 0 Å². The lowest BCUT2D eigenvalue weighted by molar-refractivity contribution is -0.130. The Kier molecular flexibility index (Phi) is 5.22. The van der Waals surface area contributed by atoms with E-state index in [2.05, 4.69) is 31.2 Å². The van der Waals surface area contributed by atoms with Gasteiger partial charge in [0.15, 0.2) is 0 Å². The lowest BCUT2D eigenvalue weighted by Crippen LogP contribution is -2.35. The Morgan fingerprint density at radius 1 is 1.44 bits per heavy atom. The first kappa shape index (κ1) is 13.5. The number of amides is 1. The molecule has 94 valence electrons. The molecule has 16 heavy (non-hydrogen) atoms. The van der Waals surface area contributed by atoms with E-state index in [1.165, 1.54) is 0 Å². The van der Waals surface area contributed by atoms with Gasteiger partial charge in [-0.3, -0.25) is 4.79 Å². The topological polar surface area (TPSA) is 35.6 Å².